The number of carbonyl (C=O) groups excluding carboxylic acids is 2. The second-order valence-corrected chi connectivity index (χ2v) is 4.54. The molecule has 0 aromatic heterocycles. The number of benzene rings is 2. The molecule has 5 nitrogen and oxygen atoms in total. The van der Waals surface area contributed by atoms with Crippen LogP contribution in [0.15, 0.2) is 60.7 Å². The van der Waals surface area contributed by atoms with Gasteiger partial charge in [0.2, 0.25) is 5.91 Å². The van der Waals surface area contributed by atoms with Crippen LogP contribution in [0.5, 0.6) is 0 Å². The smallest absolute Gasteiger partial charge is 0.319 e. The van der Waals surface area contributed by atoms with Gasteiger partial charge in [-0.2, -0.15) is 0 Å². The lowest BCUT2D eigenvalue weighted by molar-refractivity contribution is -0.117. The van der Waals surface area contributed by atoms with Crippen molar-refractivity contribution in [1.29, 1.82) is 0 Å². The molecule has 3 amide bonds. The summed E-state index contributed by atoms with van der Waals surface area (Å²) in [6.07, 6.45) is 0. The summed E-state index contributed by atoms with van der Waals surface area (Å²) in [6, 6.07) is 17.1. The van der Waals surface area contributed by atoms with Gasteiger partial charge in [-0.15, -0.1) is 0 Å². The molecule has 1 unspecified atom stereocenters. The zero-order valence-corrected chi connectivity index (χ0v) is 11.7. The van der Waals surface area contributed by atoms with E-state index >= 15 is 0 Å². The van der Waals surface area contributed by atoms with E-state index in [2.05, 4.69) is 16.0 Å². The third kappa shape index (κ3) is 4.65. The maximum Gasteiger partial charge on any atom is 0.319 e. The van der Waals surface area contributed by atoms with Crippen LogP contribution in [0, 0.1) is 0 Å². The van der Waals surface area contributed by atoms with Crippen molar-refractivity contribution >= 4 is 23.3 Å². The minimum atomic E-state index is -0.645. The van der Waals surface area contributed by atoms with Crippen LogP contribution < -0.4 is 16.0 Å². The average Bonchev–Trinajstić information content (AvgIpc) is 2.49. The minimum absolute atomic E-state index is 0.274. The summed E-state index contributed by atoms with van der Waals surface area (Å²) < 4.78 is 0. The van der Waals surface area contributed by atoms with Crippen molar-refractivity contribution in [3.63, 3.8) is 0 Å². The van der Waals surface area contributed by atoms with E-state index < -0.39 is 12.1 Å². The molecular formula is C16H17N3O2. The number of carbonyl (C=O) groups is 2. The molecule has 0 heterocycles. The quantitative estimate of drug-likeness (QED) is 0.807. The van der Waals surface area contributed by atoms with Crippen molar-refractivity contribution in [3.8, 4) is 0 Å². The molecule has 3 N–H and O–H groups in total. The normalized spacial score (nSPS) is 11.3. The van der Waals surface area contributed by atoms with Crippen LogP contribution in [0.4, 0.5) is 16.2 Å². The first-order chi connectivity index (χ1) is 10.1. The largest absolute Gasteiger partial charge is 0.326 e. The van der Waals surface area contributed by atoms with Gasteiger partial charge in [-0.3, -0.25) is 4.79 Å². The van der Waals surface area contributed by atoms with E-state index in [-0.39, 0.29) is 5.91 Å². The van der Waals surface area contributed by atoms with Crippen LogP contribution in [-0.2, 0) is 4.79 Å². The van der Waals surface area contributed by atoms with Gasteiger partial charge in [-0.1, -0.05) is 36.4 Å². The van der Waals surface area contributed by atoms with Crippen molar-refractivity contribution < 1.29 is 9.59 Å². The fourth-order valence-corrected chi connectivity index (χ4v) is 1.72. The molecular weight excluding hydrogens is 266 g/mol. The summed E-state index contributed by atoms with van der Waals surface area (Å²) in [5.41, 5.74) is 1.37. The molecule has 0 saturated carbocycles. The van der Waals surface area contributed by atoms with Gasteiger partial charge in [0, 0.05) is 11.4 Å². The number of hydrogen-bond acceptors (Lipinski definition) is 2. The van der Waals surface area contributed by atoms with Gasteiger partial charge < -0.3 is 16.0 Å². The van der Waals surface area contributed by atoms with Gasteiger partial charge in [0.15, 0.2) is 0 Å². The highest BCUT2D eigenvalue weighted by atomic mass is 16.2. The molecule has 0 aliphatic rings. The molecule has 21 heavy (non-hydrogen) atoms. The predicted octanol–water partition coefficient (Wildman–Crippen LogP) is 2.84. The van der Waals surface area contributed by atoms with Gasteiger partial charge in [-0.25, -0.2) is 4.79 Å². The van der Waals surface area contributed by atoms with E-state index in [1.54, 1.807) is 31.2 Å². The van der Waals surface area contributed by atoms with Gasteiger partial charge >= 0.3 is 6.03 Å². The highest BCUT2D eigenvalue weighted by Crippen LogP contribution is 2.06. The van der Waals surface area contributed by atoms with E-state index in [0.717, 1.165) is 0 Å². The number of para-hydroxylation sites is 2. The summed E-state index contributed by atoms with van der Waals surface area (Å²) in [4.78, 5) is 23.7. The Bertz CT molecular complexity index is 599. The number of rotatable bonds is 4. The maximum absolute atomic E-state index is 11.9. The van der Waals surface area contributed by atoms with Crippen LogP contribution in [0.3, 0.4) is 0 Å². The molecule has 0 aliphatic carbocycles. The molecule has 5 heteroatoms. The molecule has 0 bridgehead atoms. The Morgan fingerprint density at radius 2 is 1.29 bits per heavy atom. The van der Waals surface area contributed by atoms with E-state index in [9.17, 15) is 9.59 Å². The zero-order valence-electron chi connectivity index (χ0n) is 11.7. The zero-order chi connectivity index (χ0) is 15.1. The van der Waals surface area contributed by atoms with Crippen molar-refractivity contribution in [2.75, 3.05) is 10.6 Å². The SMILES string of the molecule is CC(NC(=O)Nc1ccccc1)C(=O)Nc1ccccc1. The Kier molecular flexibility index (Phi) is 4.93. The summed E-state index contributed by atoms with van der Waals surface area (Å²) in [7, 11) is 0. The lowest BCUT2D eigenvalue weighted by Gasteiger charge is -2.14. The van der Waals surface area contributed by atoms with Crippen molar-refractivity contribution in [1.82, 2.24) is 5.32 Å². The molecule has 2 aromatic carbocycles. The second kappa shape index (κ2) is 7.09. The van der Waals surface area contributed by atoms with Gasteiger partial charge in [0.1, 0.15) is 6.04 Å². The Labute approximate surface area is 123 Å². The Morgan fingerprint density at radius 3 is 1.81 bits per heavy atom. The summed E-state index contributed by atoms with van der Waals surface area (Å²) >= 11 is 0. The number of urea groups is 1. The Hall–Kier alpha value is -2.82. The first-order valence-corrected chi connectivity index (χ1v) is 6.63. The highest BCUT2D eigenvalue weighted by molar-refractivity contribution is 5.98. The molecule has 0 saturated heterocycles. The molecule has 0 aliphatic heterocycles. The monoisotopic (exact) mass is 283 g/mol. The summed E-state index contributed by atoms with van der Waals surface area (Å²) in [5.74, 6) is -0.274. The van der Waals surface area contributed by atoms with Gasteiger partial charge in [0.05, 0.1) is 0 Å². The second-order valence-electron chi connectivity index (χ2n) is 4.54. The van der Waals surface area contributed by atoms with Crippen molar-refractivity contribution in [2.24, 2.45) is 0 Å². The average molecular weight is 283 g/mol. The fourth-order valence-electron chi connectivity index (χ4n) is 1.72. The van der Waals surface area contributed by atoms with Crippen LogP contribution in [0.2, 0.25) is 0 Å². The van der Waals surface area contributed by atoms with Gasteiger partial charge in [-0.05, 0) is 31.2 Å². The lowest BCUT2D eigenvalue weighted by Crippen LogP contribution is -2.43. The van der Waals surface area contributed by atoms with Crippen molar-refractivity contribution in [2.45, 2.75) is 13.0 Å². The van der Waals surface area contributed by atoms with Crippen LogP contribution in [-0.4, -0.2) is 18.0 Å². The van der Waals surface area contributed by atoms with E-state index in [4.69, 9.17) is 0 Å². The first kappa shape index (κ1) is 14.6. The van der Waals surface area contributed by atoms with Gasteiger partial charge in [0.25, 0.3) is 0 Å². The third-order valence-corrected chi connectivity index (χ3v) is 2.81. The molecule has 108 valence electrons. The Balaban J connectivity index is 1.84. The predicted molar refractivity (Wildman–Crippen MR) is 83.1 cm³/mol. The van der Waals surface area contributed by atoms with E-state index in [1.807, 2.05) is 36.4 Å². The number of anilines is 2. The minimum Gasteiger partial charge on any atom is -0.326 e. The van der Waals surface area contributed by atoms with E-state index in [1.165, 1.54) is 0 Å². The molecule has 2 aromatic rings. The van der Waals surface area contributed by atoms with Crippen LogP contribution in [0.1, 0.15) is 6.92 Å². The molecule has 0 spiro atoms. The van der Waals surface area contributed by atoms with Crippen LogP contribution >= 0.6 is 0 Å². The fraction of sp³-hybridized carbons (Fsp3) is 0.125. The summed E-state index contributed by atoms with van der Waals surface area (Å²) in [6.45, 7) is 1.63. The first-order valence-electron chi connectivity index (χ1n) is 6.63. The Morgan fingerprint density at radius 1 is 0.810 bits per heavy atom. The van der Waals surface area contributed by atoms with Crippen LogP contribution in [0.25, 0.3) is 0 Å². The van der Waals surface area contributed by atoms with Crippen molar-refractivity contribution in [3.05, 3.63) is 60.7 Å². The summed E-state index contributed by atoms with van der Waals surface area (Å²) in [5, 5.41) is 7.98. The maximum atomic E-state index is 11.9. The topological polar surface area (TPSA) is 70.2 Å². The number of nitrogens with one attached hydrogen (secondary N) is 3. The molecule has 2 rings (SSSR count). The number of amides is 3. The molecule has 1 atom stereocenters. The third-order valence-electron chi connectivity index (χ3n) is 2.81. The standard InChI is InChI=1S/C16H17N3O2/c1-12(15(20)18-13-8-4-2-5-9-13)17-16(21)19-14-10-6-3-7-11-14/h2-12H,1H3,(H,18,20)(H2,17,19,21). The highest BCUT2D eigenvalue weighted by Gasteiger charge is 2.15. The molecule has 0 radical (unpaired) electrons. The van der Waals surface area contributed by atoms with E-state index in [0.29, 0.717) is 11.4 Å². The lowest BCUT2D eigenvalue weighted by atomic mass is 10.2. The number of hydrogen-bond donors (Lipinski definition) is 3. The molecule has 0 fully saturated rings.